The molecule has 4 nitrogen and oxygen atoms in total. The second-order valence-electron chi connectivity index (χ2n) is 4.30. The SMILES string of the molecule is Cc1ccc(Oc2cccc(C#N)c2OCCN)cc1.Cl. The highest BCUT2D eigenvalue weighted by Crippen LogP contribution is 2.34. The van der Waals surface area contributed by atoms with E-state index in [1.165, 1.54) is 0 Å². The first-order valence-corrected chi connectivity index (χ1v) is 6.35. The number of nitrogens with zero attached hydrogens (tertiary/aromatic N) is 1. The minimum Gasteiger partial charge on any atom is -0.487 e. The lowest BCUT2D eigenvalue weighted by Gasteiger charge is -2.13. The molecule has 0 radical (unpaired) electrons. The van der Waals surface area contributed by atoms with Crippen molar-refractivity contribution in [1.29, 1.82) is 5.26 Å². The van der Waals surface area contributed by atoms with Crippen molar-refractivity contribution >= 4 is 12.4 Å². The molecule has 2 N–H and O–H groups in total. The molecule has 2 rings (SSSR count). The van der Waals surface area contributed by atoms with E-state index >= 15 is 0 Å². The second kappa shape index (κ2) is 8.15. The van der Waals surface area contributed by atoms with Crippen molar-refractivity contribution in [3.8, 4) is 23.3 Å². The number of para-hydroxylation sites is 1. The van der Waals surface area contributed by atoms with E-state index in [-0.39, 0.29) is 12.4 Å². The van der Waals surface area contributed by atoms with Gasteiger partial charge in [0.2, 0.25) is 0 Å². The Hall–Kier alpha value is -2.22. The van der Waals surface area contributed by atoms with E-state index in [9.17, 15) is 0 Å². The Morgan fingerprint density at radius 3 is 2.48 bits per heavy atom. The van der Waals surface area contributed by atoms with Crippen molar-refractivity contribution in [3.63, 3.8) is 0 Å². The maximum absolute atomic E-state index is 9.13. The molecule has 2 aromatic rings. The van der Waals surface area contributed by atoms with Gasteiger partial charge in [0.15, 0.2) is 11.5 Å². The fourth-order valence-electron chi connectivity index (χ4n) is 1.73. The number of hydrogen-bond acceptors (Lipinski definition) is 4. The monoisotopic (exact) mass is 304 g/mol. The predicted octanol–water partition coefficient (Wildman–Crippen LogP) is 3.42. The highest BCUT2D eigenvalue weighted by Gasteiger charge is 2.11. The molecule has 0 aliphatic carbocycles. The normalized spacial score (nSPS) is 9.38. The van der Waals surface area contributed by atoms with Gasteiger partial charge in [-0.3, -0.25) is 0 Å². The lowest BCUT2D eigenvalue weighted by atomic mass is 10.2. The molecule has 0 aliphatic heterocycles. The largest absolute Gasteiger partial charge is 0.487 e. The van der Waals surface area contributed by atoms with Crippen LogP contribution in [0.2, 0.25) is 0 Å². The van der Waals surface area contributed by atoms with Gasteiger partial charge in [-0.05, 0) is 31.2 Å². The van der Waals surface area contributed by atoms with Crippen LogP contribution in [0.25, 0.3) is 0 Å². The predicted molar refractivity (Wildman–Crippen MR) is 84.2 cm³/mol. The van der Waals surface area contributed by atoms with Gasteiger partial charge in [0.05, 0.1) is 5.56 Å². The average molecular weight is 305 g/mol. The van der Waals surface area contributed by atoms with Crippen LogP contribution in [0.1, 0.15) is 11.1 Å². The van der Waals surface area contributed by atoms with Gasteiger partial charge in [0.25, 0.3) is 0 Å². The molecule has 0 saturated heterocycles. The van der Waals surface area contributed by atoms with Crippen LogP contribution in [0, 0.1) is 18.3 Å². The van der Waals surface area contributed by atoms with Crippen LogP contribution in [-0.2, 0) is 0 Å². The molecule has 0 heterocycles. The van der Waals surface area contributed by atoms with Crippen LogP contribution in [0.15, 0.2) is 42.5 Å². The Morgan fingerprint density at radius 1 is 1.14 bits per heavy atom. The molecule has 0 amide bonds. The maximum atomic E-state index is 9.13. The number of benzene rings is 2. The van der Waals surface area contributed by atoms with Gasteiger partial charge in [-0.15, -0.1) is 12.4 Å². The second-order valence-corrected chi connectivity index (χ2v) is 4.30. The van der Waals surface area contributed by atoms with Crippen LogP contribution in [0.3, 0.4) is 0 Å². The van der Waals surface area contributed by atoms with Gasteiger partial charge >= 0.3 is 0 Å². The fraction of sp³-hybridized carbons (Fsp3) is 0.188. The number of ether oxygens (including phenoxy) is 2. The van der Waals surface area contributed by atoms with E-state index in [1.807, 2.05) is 31.2 Å². The number of hydrogen-bond donors (Lipinski definition) is 1. The topological polar surface area (TPSA) is 68.3 Å². The van der Waals surface area contributed by atoms with Gasteiger partial charge in [-0.2, -0.15) is 5.26 Å². The highest BCUT2D eigenvalue weighted by molar-refractivity contribution is 5.85. The Bertz CT molecular complexity index is 621. The summed E-state index contributed by atoms with van der Waals surface area (Å²) in [6.45, 7) is 2.72. The molecule has 0 spiro atoms. The first-order chi connectivity index (χ1) is 9.74. The summed E-state index contributed by atoms with van der Waals surface area (Å²) in [5.74, 6) is 1.64. The number of aryl methyl sites for hydroxylation is 1. The minimum absolute atomic E-state index is 0. The Labute approximate surface area is 130 Å². The fourth-order valence-corrected chi connectivity index (χ4v) is 1.73. The van der Waals surface area contributed by atoms with Crippen LogP contribution in [0.5, 0.6) is 17.2 Å². The molecule has 0 saturated carbocycles. The van der Waals surface area contributed by atoms with E-state index in [1.54, 1.807) is 18.2 Å². The van der Waals surface area contributed by atoms with Gasteiger partial charge in [0, 0.05) is 6.54 Å². The zero-order chi connectivity index (χ0) is 14.4. The zero-order valence-corrected chi connectivity index (χ0v) is 12.5. The van der Waals surface area contributed by atoms with Crippen molar-refractivity contribution in [2.24, 2.45) is 5.73 Å². The molecule has 2 aromatic carbocycles. The first kappa shape index (κ1) is 16.8. The minimum atomic E-state index is 0. The Kier molecular flexibility index (Phi) is 6.54. The molecule has 0 bridgehead atoms. The van der Waals surface area contributed by atoms with Crippen molar-refractivity contribution in [2.75, 3.05) is 13.2 Å². The Balaban J connectivity index is 0.00000220. The number of rotatable bonds is 5. The molecular weight excluding hydrogens is 288 g/mol. The summed E-state index contributed by atoms with van der Waals surface area (Å²) < 4.78 is 11.3. The number of nitrogens with two attached hydrogens (primary N) is 1. The summed E-state index contributed by atoms with van der Waals surface area (Å²) in [5.41, 5.74) is 7.03. The molecular formula is C16H17ClN2O2. The molecule has 0 aromatic heterocycles. The van der Waals surface area contributed by atoms with Crippen molar-refractivity contribution in [3.05, 3.63) is 53.6 Å². The van der Waals surface area contributed by atoms with Crippen molar-refractivity contribution in [1.82, 2.24) is 0 Å². The van der Waals surface area contributed by atoms with Crippen molar-refractivity contribution in [2.45, 2.75) is 6.92 Å². The third kappa shape index (κ3) is 4.38. The standard InChI is InChI=1S/C16H16N2O2.ClH/c1-12-5-7-14(8-6-12)20-15-4-2-3-13(11-18)16(15)19-10-9-17;/h2-8H,9-10,17H2,1H3;1H. The lowest BCUT2D eigenvalue weighted by molar-refractivity contribution is 0.310. The molecule has 110 valence electrons. The average Bonchev–Trinajstić information content (AvgIpc) is 2.48. The molecule has 0 aliphatic rings. The third-order valence-electron chi connectivity index (χ3n) is 2.71. The molecule has 21 heavy (non-hydrogen) atoms. The first-order valence-electron chi connectivity index (χ1n) is 6.35. The zero-order valence-electron chi connectivity index (χ0n) is 11.7. The number of halogens is 1. The van der Waals surface area contributed by atoms with Gasteiger partial charge in [-0.1, -0.05) is 23.8 Å². The van der Waals surface area contributed by atoms with E-state index < -0.39 is 0 Å². The summed E-state index contributed by atoms with van der Waals surface area (Å²) in [4.78, 5) is 0. The van der Waals surface area contributed by atoms with Gasteiger partial charge in [-0.25, -0.2) is 0 Å². The van der Waals surface area contributed by atoms with E-state index in [0.717, 1.165) is 5.56 Å². The van der Waals surface area contributed by atoms with Crippen LogP contribution >= 0.6 is 12.4 Å². The molecule has 0 fully saturated rings. The van der Waals surface area contributed by atoms with Crippen LogP contribution in [-0.4, -0.2) is 13.2 Å². The summed E-state index contributed by atoms with van der Waals surface area (Å²) in [7, 11) is 0. The van der Waals surface area contributed by atoms with Crippen LogP contribution in [0.4, 0.5) is 0 Å². The van der Waals surface area contributed by atoms with E-state index in [4.69, 9.17) is 20.5 Å². The molecule has 0 unspecified atom stereocenters. The smallest absolute Gasteiger partial charge is 0.179 e. The van der Waals surface area contributed by atoms with E-state index in [0.29, 0.717) is 36.0 Å². The maximum Gasteiger partial charge on any atom is 0.179 e. The lowest BCUT2D eigenvalue weighted by Crippen LogP contribution is -2.11. The summed E-state index contributed by atoms with van der Waals surface area (Å²) in [6.07, 6.45) is 0. The van der Waals surface area contributed by atoms with Gasteiger partial charge < -0.3 is 15.2 Å². The summed E-state index contributed by atoms with van der Waals surface area (Å²) in [5, 5.41) is 9.13. The number of nitriles is 1. The highest BCUT2D eigenvalue weighted by atomic mass is 35.5. The Morgan fingerprint density at radius 2 is 1.86 bits per heavy atom. The quantitative estimate of drug-likeness (QED) is 0.919. The van der Waals surface area contributed by atoms with Gasteiger partial charge in [0.1, 0.15) is 18.4 Å². The van der Waals surface area contributed by atoms with Crippen molar-refractivity contribution < 1.29 is 9.47 Å². The molecule has 0 atom stereocenters. The van der Waals surface area contributed by atoms with E-state index in [2.05, 4.69) is 6.07 Å². The summed E-state index contributed by atoms with van der Waals surface area (Å²) >= 11 is 0. The third-order valence-corrected chi connectivity index (χ3v) is 2.71. The summed E-state index contributed by atoms with van der Waals surface area (Å²) in [6, 6.07) is 15.0. The molecule has 5 heteroatoms. The van der Waals surface area contributed by atoms with Crippen LogP contribution < -0.4 is 15.2 Å².